The highest BCUT2D eigenvalue weighted by molar-refractivity contribution is 5.84. The van der Waals surface area contributed by atoms with E-state index >= 15 is 0 Å². The SMILES string of the molecule is Cc1nc2c(c(C)nn2C)c(C)c1CCC(=O)N1CC=C(c2ccccc2)CC1. The molecule has 0 saturated carbocycles. The molecule has 0 N–H and O–H groups in total. The van der Waals surface area contributed by atoms with Crippen LogP contribution in [0.2, 0.25) is 0 Å². The van der Waals surface area contributed by atoms with Gasteiger partial charge < -0.3 is 4.90 Å². The summed E-state index contributed by atoms with van der Waals surface area (Å²) in [6.45, 7) is 7.66. The standard InChI is InChI=1S/C24H28N4O/c1-16-21(17(2)25-24-23(16)18(3)26-27(24)4)10-11-22(29)28-14-12-20(13-15-28)19-8-6-5-7-9-19/h5-9,12H,10-11,13-15H2,1-4H3. The zero-order chi connectivity index (χ0) is 20.5. The Labute approximate surface area is 172 Å². The van der Waals surface area contributed by atoms with Gasteiger partial charge in [0.1, 0.15) is 0 Å². The van der Waals surface area contributed by atoms with Gasteiger partial charge in [0, 0.05) is 37.6 Å². The van der Waals surface area contributed by atoms with Crippen LogP contribution in [-0.2, 0) is 18.3 Å². The molecule has 0 radical (unpaired) electrons. The molecule has 4 rings (SSSR count). The van der Waals surface area contributed by atoms with Gasteiger partial charge in [-0.2, -0.15) is 5.10 Å². The molecule has 1 aromatic carbocycles. The third-order valence-electron chi connectivity index (χ3n) is 6.03. The van der Waals surface area contributed by atoms with Gasteiger partial charge >= 0.3 is 0 Å². The number of rotatable bonds is 4. The van der Waals surface area contributed by atoms with E-state index in [1.807, 2.05) is 36.5 Å². The predicted molar refractivity (Wildman–Crippen MR) is 117 cm³/mol. The van der Waals surface area contributed by atoms with Gasteiger partial charge in [-0.1, -0.05) is 36.4 Å². The minimum absolute atomic E-state index is 0.218. The third-order valence-corrected chi connectivity index (χ3v) is 6.03. The van der Waals surface area contributed by atoms with E-state index in [2.05, 4.69) is 42.4 Å². The van der Waals surface area contributed by atoms with E-state index in [1.165, 1.54) is 22.3 Å². The second-order valence-corrected chi connectivity index (χ2v) is 7.89. The number of nitrogens with zero attached hydrogens (tertiary/aromatic N) is 4. The van der Waals surface area contributed by atoms with Gasteiger partial charge in [0.05, 0.1) is 5.69 Å². The molecule has 29 heavy (non-hydrogen) atoms. The zero-order valence-electron chi connectivity index (χ0n) is 17.7. The van der Waals surface area contributed by atoms with Gasteiger partial charge in [0.2, 0.25) is 5.91 Å². The Kier molecular flexibility index (Phi) is 5.22. The first-order valence-corrected chi connectivity index (χ1v) is 10.3. The Balaban J connectivity index is 1.45. The number of amides is 1. The fourth-order valence-electron chi connectivity index (χ4n) is 4.43. The molecule has 1 amide bonds. The van der Waals surface area contributed by atoms with Crippen LogP contribution in [0.25, 0.3) is 16.6 Å². The molecule has 150 valence electrons. The first kappa shape index (κ1) is 19.4. The van der Waals surface area contributed by atoms with Crippen molar-refractivity contribution in [1.29, 1.82) is 0 Å². The third kappa shape index (κ3) is 3.69. The van der Waals surface area contributed by atoms with Gasteiger partial charge in [0.15, 0.2) is 5.65 Å². The maximum absolute atomic E-state index is 12.8. The quantitative estimate of drug-likeness (QED) is 0.675. The van der Waals surface area contributed by atoms with E-state index in [4.69, 9.17) is 4.98 Å². The maximum atomic E-state index is 12.8. The van der Waals surface area contributed by atoms with Gasteiger partial charge in [-0.15, -0.1) is 0 Å². The van der Waals surface area contributed by atoms with Crippen molar-refractivity contribution in [3.8, 4) is 0 Å². The van der Waals surface area contributed by atoms with Gasteiger partial charge in [0.25, 0.3) is 0 Å². The lowest BCUT2D eigenvalue weighted by atomic mass is 9.97. The van der Waals surface area contributed by atoms with Crippen LogP contribution in [0.3, 0.4) is 0 Å². The monoisotopic (exact) mass is 388 g/mol. The molecule has 1 aliphatic heterocycles. The van der Waals surface area contributed by atoms with Crippen molar-refractivity contribution in [2.75, 3.05) is 13.1 Å². The van der Waals surface area contributed by atoms with Gasteiger partial charge in [-0.3, -0.25) is 9.48 Å². The molecular formula is C24H28N4O. The molecule has 0 aliphatic carbocycles. The Morgan fingerprint density at radius 1 is 1.10 bits per heavy atom. The summed E-state index contributed by atoms with van der Waals surface area (Å²) in [6, 6.07) is 10.4. The summed E-state index contributed by atoms with van der Waals surface area (Å²) < 4.78 is 1.84. The van der Waals surface area contributed by atoms with Gasteiger partial charge in [-0.05, 0) is 55.9 Å². The number of pyridine rings is 1. The topological polar surface area (TPSA) is 51.0 Å². The lowest BCUT2D eigenvalue weighted by Crippen LogP contribution is -2.34. The molecule has 0 fully saturated rings. The Hall–Kier alpha value is -2.95. The summed E-state index contributed by atoms with van der Waals surface area (Å²) in [5, 5.41) is 5.63. The normalized spacial score (nSPS) is 14.3. The van der Waals surface area contributed by atoms with Crippen LogP contribution < -0.4 is 0 Å². The average molecular weight is 389 g/mol. The van der Waals surface area contributed by atoms with E-state index in [0.717, 1.165) is 41.8 Å². The smallest absolute Gasteiger partial charge is 0.223 e. The Bertz CT molecular complexity index is 1100. The first-order valence-electron chi connectivity index (χ1n) is 10.3. The van der Waals surface area contributed by atoms with Gasteiger partial charge in [-0.25, -0.2) is 4.98 Å². The highest BCUT2D eigenvalue weighted by Gasteiger charge is 2.20. The molecule has 0 unspecified atom stereocenters. The molecule has 2 aromatic heterocycles. The summed E-state index contributed by atoms with van der Waals surface area (Å²) in [7, 11) is 1.93. The first-order chi connectivity index (χ1) is 14.0. The Morgan fingerprint density at radius 2 is 1.86 bits per heavy atom. The van der Waals surface area contributed by atoms with Crippen molar-refractivity contribution in [3.05, 3.63) is 64.5 Å². The minimum atomic E-state index is 0.218. The predicted octanol–water partition coefficient (Wildman–Crippen LogP) is 4.14. The van der Waals surface area contributed by atoms with Crippen molar-refractivity contribution in [3.63, 3.8) is 0 Å². The number of carbonyl (C=O) groups excluding carboxylic acids is 1. The second-order valence-electron chi connectivity index (χ2n) is 7.89. The summed E-state index contributed by atoms with van der Waals surface area (Å²) in [6.07, 6.45) is 4.35. The lowest BCUT2D eigenvalue weighted by Gasteiger charge is -2.27. The summed E-state index contributed by atoms with van der Waals surface area (Å²) in [5.41, 5.74) is 7.89. The van der Waals surface area contributed by atoms with Crippen LogP contribution >= 0.6 is 0 Å². The van der Waals surface area contributed by atoms with E-state index in [-0.39, 0.29) is 5.91 Å². The highest BCUT2D eigenvalue weighted by Crippen LogP contribution is 2.27. The van der Waals surface area contributed by atoms with E-state index in [9.17, 15) is 4.79 Å². The molecule has 0 bridgehead atoms. The van der Waals surface area contributed by atoms with Crippen LogP contribution in [0.5, 0.6) is 0 Å². The molecule has 3 heterocycles. The van der Waals surface area contributed by atoms with Crippen molar-refractivity contribution in [2.24, 2.45) is 7.05 Å². The molecular weight excluding hydrogens is 360 g/mol. The Morgan fingerprint density at radius 3 is 2.55 bits per heavy atom. The van der Waals surface area contributed by atoms with Crippen LogP contribution in [0.4, 0.5) is 0 Å². The number of carbonyl (C=O) groups is 1. The molecule has 1 aliphatic rings. The van der Waals surface area contributed by atoms with Crippen LogP contribution in [0.15, 0.2) is 36.4 Å². The molecule has 0 atom stereocenters. The number of aromatic nitrogens is 3. The van der Waals surface area contributed by atoms with Crippen molar-refractivity contribution in [1.82, 2.24) is 19.7 Å². The zero-order valence-corrected chi connectivity index (χ0v) is 17.7. The summed E-state index contributed by atoms with van der Waals surface area (Å²) in [4.78, 5) is 19.6. The van der Waals surface area contributed by atoms with E-state index in [0.29, 0.717) is 13.0 Å². The fourth-order valence-corrected chi connectivity index (χ4v) is 4.43. The van der Waals surface area contributed by atoms with Crippen LogP contribution in [0, 0.1) is 20.8 Å². The highest BCUT2D eigenvalue weighted by atomic mass is 16.2. The summed E-state index contributed by atoms with van der Waals surface area (Å²) >= 11 is 0. The molecule has 3 aromatic rings. The van der Waals surface area contributed by atoms with Crippen molar-refractivity contribution in [2.45, 2.75) is 40.0 Å². The van der Waals surface area contributed by atoms with E-state index in [1.54, 1.807) is 0 Å². The minimum Gasteiger partial charge on any atom is -0.339 e. The van der Waals surface area contributed by atoms with Crippen LogP contribution in [-0.4, -0.2) is 38.7 Å². The second kappa shape index (κ2) is 7.82. The van der Waals surface area contributed by atoms with Crippen molar-refractivity contribution < 1.29 is 4.79 Å². The van der Waals surface area contributed by atoms with E-state index < -0.39 is 0 Å². The number of benzene rings is 1. The number of aryl methyl sites for hydroxylation is 4. The largest absolute Gasteiger partial charge is 0.339 e. The number of hydrogen-bond acceptors (Lipinski definition) is 3. The summed E-state index contributed by atoms with van der Waals surface area (Å²) in [5.74, 6) is 0.218. The number of fused-ring (bicyclic) bond motifs is 1. The molecule has 0 spiro atoms. The molecule has 0 saturated heterocycles. The lowest BCUT2D eigenvalue weighted by molar-refractivity contribution is -0.130. The molecule has 5 nitrogen and oxygen atoms in total. The van der Waals surface area contributed by atoms with Crippen molar-refractivity contribution >= 4 is 22.5 Å². The average Bonchev–Trinajstić information content (AvgIpc) is 3.01. The number of hydrogen-bond donors (Lipinski definition) is 0. The fraction of sp³-hybridized carbons (Fsp3) is 0.375. The van der Waals surface area contributed by atoms with Crippen LogP contribution in [0.1, 0.15) is 40.9 Å². The molecule has 5 heteroatoms. The maximum Gasteiger partial charge on any atom is 0.223 e.